The van der Waals surface area contributed by atoms with E-state index >= 15 is 0 Å². The zero-order valence-corrected chi connectivity index (χ0v) is 23.4. The van der Waals surface area contributed by atoms with Crippen molar-refractivity contribution in [3.05, 3.63) is 100 Å². The highest BCUT2D eigenvalue weighted by Gasteiger charge is 2.37. The molecule has 2 aliphatic heterocycles. The van der Waals surface area contributed by atoms with Gasteiger partial charge in [-0.15, -0.1) is 0 Å². The number of carbonyl (C=O) groups is 4. The molecule has 4 amide bonds. The molecule has 2 aliphatic rings. The van der Waals surface area contributed by atoms with Crippen molar-refractivity contribution in [2.75, 3.05) is 11.4 Å². The first kappa shape index (κ1) is 28.1. The summed E-state index contributed by atoms with van der Waals surface area (Å²) in [6.45, 7) is -0.499. The lowest BCUT2D eigenvalue weighted by Gasteiger charge is -2.30. The molecular formula is C29H20ClN3O6S2. The topological polar surface area (TPSA) is 116 Å². The number of rotatable bonds is 7. The van der Waals surface area contributed by atoms with E-state index in [-0.39, 0.29) is 9.89 Å². The van der Waals surface area contributed by atoms with Gasteiger partial charge >= 0.3 is 12.0 Å². The molecule has 12 heteroatoms. The molecule has 9 nitrogen and oxygen atoms in total. The minimum atomic E-state index is -1.15. The van der Waals surface area contributed by atoms with Crippen molar-refractivity contribution >= 4 is 81.6 Å². The van der Waals surface area contributed by atoms with Gasteiger partial charge in [0.1, 0.15) is 27.9 Å². The Morgan fingerprint density at radius 2 is 1.54 bits per heavy atom. The Bertz CT molecular complexity index is 1610. The second-order valence-electron chi connectivity index (χ2n) is 8.79. The van der Waals surface area contributed by atoms with Crippen molar-refractivity contribution < 1.29 is 29.0 Å². The third kappa shape index (κ3) is 6.32. The number of anilines is 1. The van der Waals surface area contributed by atoms with Crippen LogP contribution in [-0.2, 0) is 14.4 Å². The predicted molar refractivity (Wildman–Crippen MR) is 161 cm³/mol. The van der Waals surface area contributed by atoms with Crippen molar-refractivity contribution in [1.82, 2.24) is 10.2 Å². The summed E-state index contributed by atoms with van der Waals surface area (Å²) >= 11 is 12.5. The molecule has 1 atom stereocenters. The van der Waals surface area contributed by atoms with E-state index < -0.39 is 35.9 Å². The summed E-state index contributed by atoms with van der Waals surface area (Å²) in [6.07, 6.45) is 3.19. The quantitative estimate of drug-likeness (QED) is 0.158. The van der Waals surface area contributed by atoms with Gasteiger partial charge in [-0.25, -0.2) is 9.69 Å². The minimum absolute atomic E-state index is 0.165. The van der Waals surface area contributed by atoms with Crippen LogP contribution in [0.5, 0.6) is 11.5 Å². The highest BCUT2D eigenvalue weighted by atomic mass is 35.5. The number of thiocarbonyl (C=S) groups is 1. The van der Waals surface area contributed by atoms with Gasteiger partial charge in [0.25, 0.3) is 11.8 Å². The van der Waals surface area contributed by atoms with E-state index in [1.165, 1.54) is 0 Å². The molecule has 3 aromatic rings. The summed E-state index contributed by atoms with van der Waals surface area (Å²) in [6, 6.07) is 22.0. The molecule has 41 heavy (non-hydrogen) atoms. The number of urea groups is 1. The number of carboxylic acids is 1. The van der Waals surface area contributed by atoms with Crippen molar-refractivity contribution in [1.29, 1.82) is 0 Å². The van der Waals surface area contributed by atoms with Gasteiger partial charge in [0.2, 0.25) is 0 Å². The van der Waals surface area contributed by atoms with Crippen LogP contribution in [0.4, 0.5) is 10.5 Å². The van der Waals surface area contributed by atoms with Crippen molar-refractivity contribution in [2.24, 2.45) is 0 Å². The molecule has 2 heterocycles. The standard InChI is InChI=1S/C29H20ClN3O6S2/c30-25-22(14-17-6-8-18(9-7-17)15-23-27(37)32(16-24(34)35)29(40)41-23)26(36)33(28(38)31-25)19-10-12-21(13-11-19)39-20-4-2-1-3-5-20/h1-15,25H,16H2,(H,31,38)(H,34,35). The van der Waals surface area contributed by atoms with Gasteiger partial charge in [-0.3, -0.25) is 19.3 Å². The number of thioether (sulfide) groups is 1. The van der Waals surface area contributed by atoms with Crippen LogP contribution >= 0.6 is 35.6 Å². The fraction of sp³-hybridized carbons (Fsp3) is 0.0690. The number of amides is 4. The molecule has 0 aliphatic carbocycles. The lowest BCUT2D eigenvalue weighted by Crippen LogP contribution is -2.54. The van der Waals surface area contributed by atoms with E-state index in [1.807, 2.05) is 30.3 Å². The number of ether oxygens (including phenoxy) is 1. The van der Waals surface area contributed by atoms with Gasteiger partial charge in [0.05, 0.1) is 16.2 Å². The monoisotopic (exact) mass is 605 g/mol. The van der Waals surface area contributed by atoms with Crippen LogP contribution in [0.15, 0.2) is 89.3 Å². The van der Waals surface area contributed by atoms with Gasteiger partial charge in [0.15, 0.2) is 0 Å². The Kier molecular flexibility index (Phi) is 8.20. The first-order valence-electron chi connectivity index (χ1n) is 12.1. The molecule has 1 unspecified atom stereocenters. The zero-order valence-electron chi connectivity index (χ0n) is 21.0. The minimum Gasteiger partial charge on any atom is -0.480 e. The first-order chi connectivity index (χ1) is 19.7. The van der Waals surface area contributed by atoms with Gasteiger partial charge in [0, 0.05) is 0 Å². The fourth-order valence-electron chi connectivity index (χ4n) is 4.03. The SMILES string of the molecule is O=C(O)CN1C(=O)C(=Cc2ccc(C=C3C(=O)N(c4ccc(Oc5ccccc5)cc4)C(=O)NC3Cl)cc2)SC1=S. The summed E-state index contributed by atoms with van der Waals surface area (Å²) < 4.78 is 5.96. The molecule has 206 valence electrons. The largest absolute Gasteiger partial charge is 0.480 e. The summed E-state index contributed by atoms with van der Waals surface area (Å²) in [4.78, 5) is 51.9. The third-order valence-electron chi connectivity index (χ3n) is 5.97. The van der Waals surface area contributed by atoms with Gasteiger partial charge in [-0.2, -0.15) is 0 Å². The Labute approximate surface area is 249 Å². The number of benzene rings is 3. The van der Waals surface area contributed by atoms with E-state index in [1.54, 1.807) is 60.7 Å². The Balaban J connectivity index is 1.32. The molecule has 0 radical (unpaired) electrons. The van der Waals surface area contributed by atoms with Crippen LogP contribution in [0, 0.1) is 0 Å². The van der Waals surface area contributed by atoms with Gasteiger partial charge < -0.3 is 15.2 Å². The summed E-state index contributed by atoms with van der Waals surface area (Å²) in [7, 11) is 0. The zero-order chi connectivity index (χ0) is 29.1. The highest BCUT2D eigenvalue weighted by molar-refractivity contribution is 8.26. The third-order valence-corrected chi connectivity index (χ3v) is 7.70. The number of halogens is 1. The Morgan fingerprint density at radius 1 is 0.927 bits per heavy atom. The second kappa shape index (κ2) is 12.0. The summed E-state index contributed by atoms with van der Waals surface area (Å²) in [5, 5.41) is 11.6. The molecule has 0 saturated carbocycles. The highest BCUT2D eigenvalue weighted by Crippen LogP contribution is 2.33. The number of nitrogens with one attached hydrogen (secondary N) is 1. The maximum atomic E-state index is 13.4. The lowest BCUT2D eigenvalue weighted by molar-refractivity contribution is -0.140. The number of alkyl halides is 1. The number of carbonyl (C=O) groups excluding carboxylic acids is 3. The van der Waals surface area contributed by atoms with Crippen LogP contribution in [-0.4, -0.2) is 50.2 Å². The number of hydrogen-bond donors (Lipinski definition) is 2. The first-order valence-corrected chi connectivity index (χ1v) is 13.8. The van der Waals surface area contributed by atoms with Crippen LogP contribution < -0.4 is 15.0 Å². The average Bonchev–Trinajstić information content (AvgIpc) is 3.20. The maximum Gasteiger partial charge on any atom is 0.330 e. The molecule has 0 bridgehead atoms. The second-order valence-corrected chi connectivity index (χ2v) is 10.9. The number of nitrogens with zero attached hydrogens (tertiary/aromatic N) is 2. The van der Waals surface area contributed by atoms with E-state index in [2.05, 4.69) is 5.32 Å². The van der Waals surface area contributed by atoms with Crippen LogP contribution in [0.3, 0.4) is 0 Å². The molecule has 5 rings (SSSR count). The molecule has 0 spiro atoms. The van der Waals surface area contributed by atoms with Crippen molar-refractivity contribution in [3.8, 4) is 11.5 Å². The normalized spacial score (nSPS) is 19.2. The van der Waals surface area contributed by atoms with Crippen LogP contribution in [0.1, 0.15) is 11.1 Å². The molecule has 2 fully saturated rings. The maximum absolute atomic E-state index is 13.4. The number of para-hydroxylation sites is 1. The van der Waals surface area contributed by atoms with Gasteiger partial charge in [-0.05, 0) is 59.7 Å². The van der Waals surface area contributed by atoms with E-state index in [9.17, 15) is 19.2 Å². The van der Waals surface area contributed by atoms with Crippen LogP contribution in [0.25, 0.3) is 12.2 Å². The molecule has 3 aromatic carbocycles. The van der Waals surface area contributed by atoms with Crippen molar-refractivity contribution in [3.63, 3.8) is 0 Å². The average molecular weight is 606 g/mol. The summed E-state index contributed by atoms with van der Waals surface area (Å²) in [5.74, 6) is -1.00. The van der Waals surface area contributed by atoms with E-state index in [0.717, 1.165) is 21.6 Å². The van der Waals surface area contributed by atoms with Crippen molar-refractivity contribution in [2.45, 2.75) is 5.50 Å². The Hall–Kier alpha value is -4.45. The molecule has 0 aromatic heterocycles. The lowest BCUT2D eigenvalue weighted by atomic mass is 10.1. The number of hydrogen-bond acceptors (Lipinski definition) is 7. The molecule has 2 N–H and O–H groups in total. The fourth-order valence-corrected chi connectivity index (χ4v) is 5.53. The predicted octanol–water partition coefficient (Wildman–Crippen LogP) is 5.47. The number of carboxylic acid groups (broad SMARTS) is 1. The van der Waals surface area contributed by atoms with E-state index in [0.29, 0.717) is 33.2 Å². The van der Waals surface area contributed by atoms with Gasteiger partial charge in [-0.1, -0.05) is 78.0 Å². The smallest absolute Gasteiger partial charge is 0.330 e. The Morgan fingerprint density at radius 3 is 2.17 bits per heavy atom. The molecular weight excluding hydrogens is 586 g/mol. The molecule has 2 saturated heterocycles. The number of aliphatic carboxylic acids is 1. The van der Waals surface area contributed by atoms with Crippen LogP contribution in [0.2, 0.25) is 0 Å². The number of imide groups is 1. The van der Waals surface area contributed by atoms with E-state index in [4.69, 9.17) is 33.7 Å². The summed E-state index contributed by atoms with van der Waals surface area (Å²) in [5.41, 5.74) is 0.781.